The third kappa shape index (κ3) is 6.14. The van der Waals surface area contributed by atoms with Crippen LogP contribution < -0.4 is 11.5 Å². The number of halogens is 2. The number of hydrogen-bond acceptors (Lipinski definition) is 2. The van der Waals surface area contributed by atoms with Crippen LogP contribution in [0.25, 0.3) is 6.08 Å². The lowest BCUT2D eigenvalue weighted by atomic mass is 10.1. The zero-order valence-corrected chi connectivity index (χ0v) is 14.1. The van der Waals surface area contributed by atoms with Crippen LogP contribution in [0.3, 0.4) is 0 Å². The van der Waals surface area contributed by atoms with E-state index < -0.39 is 0 Å². The molecular weight excluding hydrogens is 331 g/mol. The highest BCUT2D eigenvalue weighted by Crippen LogP contribution is 2.09. The Morgan fingerprint density at radius 1 is 0.783 bits per heavy atom. The summed E-state index contributed by atoms with van der Waals surface area (Å²) in [5, 5.41) is 14.7. The quantitative estimate of drug-likeness (QED) is 0.491. The molecule has 2 rings (SSSR count). The van der Waals surface area contributed by atoms with Crippen molar-refractivity contribution in [1.82, 2.24) is 0 Å². The van der Waals surface area contributed by atoms with Gasteiger partial charge in [-0.2, -0.15) is 0 Å². The maximum atomic E-state index is 7.34. The van der Waals surface area contributed by atoms with Gasteiger partial charge in [-0.25, -0.2) is 0 Å². The van der Waals surface area contributed by atoms with Gasteiger partial charge in [-0.05, 0) is 17.5 Å². The van der Waals surface area contributed by atoms with Crippen LogP contribution in [0, 0.1) is 10.8 Å². The summed E-state index contributed by atoms with van der Waals surface area (Å²) in [6.07, 6.45) is 4.92. The predicted molar refractivity (Wildman–Crippen MR) is 102 cm³/mol. The minimum absolute atomic E-state index is 0. The van der Waals surface area contributed by atoms with Crippen LogP contribution >= 0.6 is 24.8 Å². The third-order valence-corrected chi connectivity index (χ3v) is 3.15. The molecule has 0 unspecified atom stereocenters. The maximum absolute atomic E-state index is 7.34. The molecule has 0 radical (unpaired) electrons. The minimum Gasteiger partial charge on any atom is -0.384 e. The molecule has 0 aromatic heterocycles. The molecule has 6 heteroatoms. The van der Waals surface area contributed by atoms with Gasteiger partial charge in [0, 0.05) is 11.1 Å². The van der Waals surface area contributed by atoms with E-state index in [0.29, 0.717) is 0 Å². The number of rotatable bonds is 5. The first-order valence-corrected chi connectivity index (χ1v) is 6.60. The second-order valence-electron chi connectivity index (χ2n) is 4.75. The summed E-state index contributed by atoms with van der Waals surface area (Å²) in [4.78, 5) is 0. The van der Waals surface area contributed by atoms with Crippen molar-refractivity contribution in [2.45, 2.75) is 6.42 Å². The van der Waals surface area contributed by atoms with E-state index in [2.05, 4.69) is 6.08 Å². The second kappa shape index (κ2) is 9.66. The van der Waals surface area contributed by atoms with Crippen LogP contribution in [0.15, 0.2) is 54.6 Å². The number of amidine groups is 2. The lowest BCUT2D eigenvalue weighted by molar-refractivity contribution is 1.27. The van der Waals surface area contributed by atoms with Crippen molar-refractivity contribution >= 4 is 42.6 Å². The summed E-state index contributed by atoms with van der Waals surface area (Å²) in [6, 6.07) is 15.2. The maximum Gasteiger partial charge on any atom is 0.122 e. The van der Waals surface area contributed by atoms with Gasteiger partial charge in [-0.3, -0.25) is 10.8 Å². The van der Waals surface area contributed by atoms with Crippen LogP contribution in [0.1, 0.15) is 22.3 Å². The fourth-order valence-corrected chi connectivity index (χ4v) is 1.93. The minimum atomic E-state index is 0. The van der Waals surface area contributed by atoms with Crippen molar-refractivity contribution in [2.24, 2.45) is 11.5 Å². The Hall–Kier alpha value is -2.30. The van der Waals surface area contributed by atoms with E-state index in [4.69, 9.17) is 22.3 Å². The van der Waals surface area contributed by atoms with Crippen molar-refractivity contribution in [3.05, 3.63) is 76.9 Å². The molecule has 122 valence electrons. The lowest BCUT2D eigenvalue weighted by Gasteiger charge is -2.01. The van der Waals surface area contributed by atoms with Gasteiger partial charge in [-0.15, -0.1) is 24.8 Å². The van der Waals surface area contributed by atoms with E-state index in [1.807, 2.05) is 54.6 Å². The molecule has 2 aromatic carbocycles. The first-order chi connectivity index (χ1) is 10.1. The number of nitrogens with one attached hydrogen (secondary N) is 2. The van der Waals surface area contributed by atoms with Crippen LogP contribution in [-0.2, 0) is 6.42 Å². The molecule has 2 aromatic rings. The van der Waals surface area contributed by atoms with Gasteiger partial charge in [0.05, 0.1) is 0 Å². The molecule has 6 N–H and O–H groups in total. The molecule has 0 atom stereocenters. The molecular formula is C17H20Cl2N4. The van der Waals surface area contributed by atoms with Crippen molar-refractivity contribution in [3.8, 4) is 0 Å². The summed E-state index contributed by atoms with van der Waals surface area (Å²) in [7, 11) is 0. The Labute approximate surface area is 148 Å². The molecule has 23 heavy (non-hydrogen) atoms. The largest absolute Gasteiger partial charge is 0.384 e. The van der Waals surface area contributed by atoms with Crippen molar-refractivity contribution in [1.29, 1.82) is 10.8 Å². The number of nitrogens with two attached hydrogens (primary N) is 2. The zero-order chi connectivity index (χ0) is 15.2. The average molecular weight is 351 g/mol. The van der Waals surface area contributed by atoms with Gasteiger partial charge in [0.2, 0.25) is 0 Å². The lowest BCUT2D eigenvalue weighted by Crippen LogP contribution is -2.10. The standard InChI is InChI=1S/C17H18N4.2ClH/c18-16(19)14-8-4-12(5-9-14)2-1-3-13-6-10-15(11-7-13)17(20)21;;/h1-2,4-11H,3H2,(H3,18,19)(H3,20,21);2*1H. The molecule has 0 heterocycles. The fraction of sp³-hybridized carbons (Fsp3) is 0.0588. The number of allylic oxidation sites excluding steroid dienone is 1. The molecule has 0 bridgehead atoms. The van der Waals surface area contributed by atoms with Crippen molar-refractivity contribution < 1.29 is 0 Å². The number of benzene rings is 2. The monoisotopic (exact) mass is 350 g/mol. The van der Waals surface area contributed by atoms with Crippen LogP contribution in [0.5, 0.6) is 0 Å². The van der Waals surface area contributed by atoms with E-state index in [9.17, 15) is 0 Å². The first-order valence-electron chi connectivity index (χ1n) is 6.60. The van der Waals surface area contributed by atoms with Crippen LogP contribution in [-0.4, -0.2) is 11.7 Å². The Morgan fingerprint density at radius 3 is 1.65 bits per heavy atom. The van der Waals surface area contributed by atoms with E-state index >= 15 is 0 Å². The van der Waals surface area contributed by atoms with E-state index in [-0.39, 0.29) is 36.5 Å². The summed E-state index contributed by atoms with van der Waals surface area (Å²) in [6.45, 7) is 0. The highest BCUT2D eigenvalue weighted by atomic mass is 35.5. The topological polar surface area (TPSA) is 99.7 Å². The summed E-state index contributed by atoms with van der Waals surface area (Å²) < 4.78 is 0. The summed E-state index contributed by atoms with van der Waals surface area (Å²) in [5.74, 6) is 0.166. The number of nitrogen functional groups attached to an aromatic ring is 2. The molecule has 0 amide bonds. The normalized spacial score (nSPS) is 9.74. The highest BCUT2D eigenvalue weighted by Gasteiger charge is 1.96. The van der Waals surface area contributed by atoms with E-state index in [0.717, 1.165) is 28.7 Å². The van der Waals surface area contributed by atoms with Gasteiger partial charge < -0.3 is 11.5 Å². The molecule has 0 spiro atoms. The smallest absolute Gasteiger partial charge is 0.122 e. The molecule has 0 aliphatic heterocycles. The molecule has 4 nitrogen and oxygen atoms in total. The highest BCUT2D eigenvalue weighted by molar-refractivity contribution is 5.95. The van der Waals surface area contributed by atoms with Crippen molar-refractivity contribution in [2.75, 3.05) is 0 Å². The first kappa shape index (κ1) is 20.7. The SMILES string of the molecule is Cl.Cl.N=C(N)c1ccc(C=CCc2ccc(C(=N)N)cc2)cc1. The Bertz CT molecular complexity index is 677. The van der Waals surface area contributed by atoms with Crippen molar-refractivity contribution in [3.63, 3.8) is 0 Å². The number of hydrogen-bond donors (Lipinski definition) is 4. The average Bonchev–Trinajstić information content (AvgIpc) is 2.48. The van der Waals surface area contributed by atoms with Gasteiger partial charge >= 0.3 is 0 Å². The fourth-order valence-electron chi connectivity index (χ4n) is 1.93. The summed E-state index contributed by atoms with van der Waals surface area (Å²) in [5.41, 5.74) is 14.5. The third-order valence-electron chi connectivity index (χ3n) is 3.15. The molecule has 0 saturated carbocycles. The van der Waals surface area contributed by atoms with Gasteiger partial charge in [0.15, 0.2) is 0 Å². The molecule has 0 saturated heterocycles. The van der Waals surface area contributed by atoms with Gasteiger partial charge in [0.25, 0.3) is 0 Å². The van der Waals surface area contributed by atoms with Crippen LogP contribution in [0.4, 0.5) is 0 Å². The molecule has 0 aliphatic carbocycles. The van der Waals surface area contributed by atoms with Gasteiger partial charge in [-0.1, -0.05) is 60.7 Å². The summed E-state index contributed by atoms with van der Waals surface area (Å²) >= 11 is 0. The predicted octanol–water partition coefficient (Wildman–Crippen LogP) is 3.35. The van der Waals surface area contributed by atoms with Gasteiger partial charge in [0.1, 0.15) is 11.7 Å². The van der Waals surface area contributed by atoms with E-state index in [1.165, 1.54) is 0 Å². The Morgan fingerprint density at radius 2 is 1.22 bits per heavy atom. The zero-order valence-electron chi connectivity index (χ0n) is 12.5. The second-order valence-corrected chi connectivity index (χ2v) is 4.75. The van der Waals surface area contributed by atoms with E-state index in [1.54, 1.807) is 0 Å². The van der Waals surface area contributed by atoms with Crippen LogP contribution in [0.2, 0.25) is 0 Å². The Balaban J connectivity index is 0.00000242. The molecule has 0 aliphatic rings. The Kier molecular flexibility index (Phi) is 8.70. The molecule has 0 fully saturated rings.